The molecule has 0 bridgehead atoms. The molecule has 2 unspecified atom stereocenters. The van der Waals surface area contributed by atoms with E-state index in [1.54, 1.807) is 73.8 Å². The van der Waals surface area contributed by atoms with Crippen LogP contribution in [0.15, 0.2) is 71.5 Å². The van der Waals surface area contributed by atoms with Crippen molar-refractivity contribution >= 4 is 32.7 Å². The standard InChI is InChI=1S/C34H42F3N3O7Si/c1-21(2)33(47-48(6)7,30(32(3,4)5)34(35,36)37)39-26(41)19-40-25(23-16-12-9-13-17-23)18-24(29(43)44)27(28(40)42)38-31(45)46-20-22-14-10-8-11-15-22/h8-18,21,30,48H,19-20H2,1-7H3,(H,38,45)(H,39,41)(H,43,44). The number of nitrogens with zero attached hydrogens (tertiary/aromatic N) is 1. The summed E-state index contributed by atoms with van der Waals surface area (Å²) in [7, 11) is -2.25. The highest BCUT2D eigenvalue weighted by Crippen LogP contribution is 2.49. The molecule has 0 saturated heterocycles. The molecule has 1 aromatic heterocycles. The van der Waals surface area contributed by atoms with Gasteiger partial charge in [0.25, 0.3) is 5.56 Å². The van der Waals surface area contributed by atoms with Crippen LogP contribution in [0.5, 0.6) is 0 Å². The number of aromatic nitrogens is 1. The average molecular weight is 690 g/mol. The molecule has 0 aliphatic rings. The zero-order valence-corrected chi connectivity index (χ0v) is 29.1. The lowest BCUT2D eigenvalue weighted by Gasteiger charge is -2.51. The van der Waals surface area contributed by atoms with Crippen molar-refractivity contribution in [2.24, 2.45) is 17.3 Å². The second-order valence-electron chi connectivity index (χ2n) is 13.1. The Morgan fingerprint density at radius 2 is 1.52 bits per heavy atom. The first-order valence-corrected chi connectivity index (χ1v) is 18.2. The summed E-state index contributed by atoms with van der Waals surface area (Å²) in [6.07, 6.45) is -5.92. The van der Waals surface area contributed by atoms with Gasteiger partial charge >= 0.3 is 18.2 Å². The number of carboxylic acids is 1. The molecule has 0 fully saturated rings. The fourth-order valence-electron chi connectivity index (χ4n) is 5.75. The van der Waals surface area contributed by atoms with Gasteiger partial charge in [0.2, 0.25) is 5.91 Å². The minimum Gasteiger partial charge on any atom is -0.478 e. The third-order valence-corrected chi connectivity index (χ3v) is 8.45. The lowest BCUT2D eigenvalue weighted by molar-refractivity contribution is -0.265. The number of nitrogens with one attached hydrogen (secondary N) is 2. The number of carboxylic acid groups (broad SMARTS) is 1. The van der Waals surface area contributed by atoms with Crippen LogP contribution in [-0.2, 0) is 27.1 Å². The van der Waals surface area contributed by atoms with E-state index in [1.807, 2.05) is 0 Å². The number of hydrogen-bond acceptors (Lipinski definition) is 6. The summed E-state index contributed by atoms with van der Waals surface area (Å²) >= 11 is 0. The maximum atomic E-state index is 14.8. The van der Waals surface area contributed by atoms with E-state index >= 15 is 0 Å². The van der Waals surface area contributed by atoms with Gasteiger partial charge in [0, 0.05) is 5.92 Å². The summed E-state index contributed by atoms with van der Waals surface area (Å²) in [6.45, 7) is 9.65. The number of hydrogen-bond donors (Lipinski definition) is 3. The number of halogens is 3. The molecule has 3 N–H and O–H groups in total. The molecule has 0 saturated carbocycles. The summed E-state index contributed by atoms with van der Waals surface area (Å²) in [5.74, 6) is -5.55. The summed E-state index contributed by atoms with van der Waals surface area (Å²) in [4.78, 5) is 53.0. The second-order valence-corrected chi connectivity index (χ2v) is 15.4. The van der Waals surface area contributed by atoms with E-state index in [1.165, 1.54) is 34.6 Å². The largest absolute Gasteiger partial charge is 0.478 e. The number of aromatic carboxylic acids is 1. The molecule has 2 atom stereocenters. The van der Waals surface area contributed by atoms with Gasteiger partial charge < -0.3 is 19.6 Å². The molecule has 48 heavy (non-hydrogen) atoms. The number of carbonyl (C=O) groups excluding carboxylic acids is 2. The first-order valence-electron chi connectivity index (χ1n) is 15.4. The van der Waals surface area contributed by atoms with Gasteiger partial charge in [0.1, 0.15) is 30.5 Å². The number of pyridine rings is 1. The number of benzene rings is 2. The molecule has 2 amide bonds. The van der Waals surface area contributed by atoms with Crippen LogP contribution in [0, 0.1) is 17.3 Å². The maximum absolute atomic E-state index is 14.8. The van der Waals surface area contributed by atoms with E-state index in [2.05, 4.69) is 10.6 Å². The highest BCUT2D eigenvalue weighted by molar-refractivity contribution is 6.48. The third-order valence-electron chi connectivity index (χ3n) is 7.59. The van der Waals surface area contributed by atoms with Crippen molar-refractivity contribution < 1.29 is 41.8 Å². The van der Waals surface area contributed by atoms with Crippen molar-refractivity contribution in [1.29, 1.82) is 0 Å². The van der Waals surface area contributed by atoms with Crippen molar-refractivity contribution in [1.82, 2.24) is 9.88 Å². The summed E-state index contributed by atoms with van der Waals surface area (Å²) in [5.41, 5.74) is -5.01. The number of carbonyl (C=O) groups is 3. The quantitative estimate of drug-likeness (QED) is 0.143. The van der Waals surface area contributed by atoms with Gasteiger partial charge in [-0.25, -0.2) is 9.59 Å². The highest BCUT2D eigenvalue weighted by atomic mass is 28.3. The lowest BCUT2D eigenvalue weighted by atomic mass is 9.70. The SMILES string of the molecule is CC(C)C(NC(=O)Cn1c(-c2ccccc2)cc(C(=O)O)c(NC(=O)OCc2ccccc2)c1=O)(O[SiH](C)C)C(C(C)(C)C)C(F)(F)F. The summed E-state index contributed by atoms with van der Waals surface area (Å²) in [6, 6.07) is 17.8. The molecule has 0 aliphatic heterocycles. The molecule has 260 valence electrons. The van der Waals surface area contributed by atoms with Crippen molar-refractivity contribution in [3.8, 4) is 11.3 Å². The number of anilines is 1. The van der Waals surface area contributed by atoms with E-state index in [0.29, 0.717) is 11.1 Å². The number of alkyl halides is 3. The fraction of sp³-hybridized carbons (Fsp3) is 0.412. The molecule has 1 heterocycles. The predicted molar refractivity (Wildman–Crippen MR) is 178 cm³/mol. The monoisotopic (exact) mass is 689 g/mol. The molecule has 0 aliphatic carbocycles. The maximum Gasteiger partial charge on any atom is 0.412 e. The second kappa shape index (κ2) is 15.2. The van der Waals surface area contributed by atoms with E-state index in [4.69, 9.17) is 9.16 Å². The Labute approximate surface area is 279 Å². The van der Waals surface area contributed by atoms with Crippen LogP contribution in [0.4, 0.5) is 23.7 Å². The van der Waals surface area contributed by atoms with Crippen LogP contribution in [-0.4, -0.2) is 48.6 Å². The number of ether oxygens (including phenoxy) is 1. The first-order chi connectivity index (χ1) is 22.3. The van der Waals surface area contributed by atoms with Crippen LogP contribution >= 0.6 is 0 Å². The van der Waals surface area contributed by atoms with Crippen LogP contribution in [0.2, 0.25) is 13.1 Å². The Bertz CT molecular complexity index is 1640. The normalized spacial score (nSPS) is 13.9. The van der Waals surface area contributed by atoms with Gasteiger partial charge in [-0.2, -0.15) is 13.2 Å². The molecule has 10 nitrogen and oxygen atoms in total. The first kappa shape index (κ1) is 38.0. The zero-order valence-electron chi connectivity index (χ0n) is 28.0. The average Bonchev–Trinajstić information content (AvgIpc) is 2.97. The van der Waals surface area contributed by atoms with E-state index in [-0.39, 0.29) is 12.3 Å². The summed E-state index contributed by atoms with van der Waals surface area (Å²) < 4.78 is 56.7. The zero-order chi connectivity index (χ0) is 36.0. The van der Waals surface area contributed by atoms with Gasteiger partial charge in [-0.3, -0.25) is 19.5 Å². The van der Waals surface area contributed by atoms with Crippen molar-refractivity contribution in [3.05, 3.63) is 88.2 Å². The Morgan fingerprint density at radius 3 is 2.00 bits per heavy atom. The van der Waals surface area contributed by atoms with Crippen molar-refractivity contribution in [2.45, 2.75) is 72.8 Å². The molecule has 0 spiro atoms. The van der Waals surface area contributed by atoms with Crippen molar-refractivity contribution in [2.75, 3.05) is 5.32 Å². The van der Waals surface area contributed by atoms with E-state index < -0.39 is 79.5 Å². The van der Waals surface area contributed by atoms with Crippen LogP contribution in [0.25, 0.3) is 11.3 Å². The van der Waals surface area contributed by atoms with Crippen LogP contribution in [0.1, 0.15) is 50.5 Å². The molecule has 0 radical (unpaired) electrons. The minimum absolute atomic E-state index is 0.0196. The Morgan fingerprint density at radius 1 is 0.958 bits per heavy atom. The van der Waals surface area contributed by atoms with E-state index in [9.17, 15) is 37.5 Å². The number of rotatable bonds is 12. The Kier molecular flexibility index (Phi) is 12.0. The van der Waals surface area contributed by atoms with Crippen molar-refractivity contribution in [3.63, 3.8) is 0 Å². The van der Waals surface area contributed by atoms with Gasteiger partial charge in [-0.15, -0.1) is 0 Å². The van der Waals surface area contributed by atoms with Crippen LogP contribution in [0.3, 0.4) is 0 Å². The third kappa shape index (κ3) is 9.13. The van der Waals surface area contributed by atoms with Gasteiger partial charge in [0.05, 0.1) is 11.3 Å². The molecule has 14 heteroatoms. The smallest absolute Gasteiger partial charge is 0.412 e. The minimum atomic E-state index is -4.79. The van der Waals surface area contributed by atoms with E-state index in [0.717, 1.165) is 10.6 Å². The van der Waals surface area contributed by atoms with Gasteiger partial charge in [0.15, 0.2) is 9.04 Å². The van der Waals surface area contributed by atoms with Gasteiger partial charge in [-0.05, 0) is 35.7 Å². The molecular formula is C34H42F3N3O7Si. The predicted octanol–water partition coefficient (Wildman–Crippen LogP) is 6.66. The van der Waals surface area contributed by atoms with Crippen LogP contribution < -0.4 is 16.2 Å². The molecule has 3 rings (SSSR count). The molecular weight excluding hydrogens is 647 g/mol. The number of amides is 2. The van der Waals surface area contributed by atoms with Gasteiger partial charge in [-0.1, -0.05) is 95.3 Å². The highest BCUT2D eigenvalue weighted by Gasteiger charge is 2.61. The topological polar surface area (TPSA) is 136 Å². The molecule has 3 aromatic rings. The Hall–Kier alpha value is -4.43. The summed E-state index contributed by atoms with van der Waals surface area (Å²) in [5, 5.41) is 14.8. The Balaban J connectivity index is 2.15. The lowest BCUT2D eigenvalue weighted by Crippen LogP contribution is -2.67. The fourth-order valence-corrected chi connectivity index (χ4v) is 7.00. The molecule has 2 aromatic carbocycles.